The van der Waals surface area contributed by atoms with Crippen LogP contribution in [-0.4, -0.2) is 24.4 Å². The molecule has 1 fully saturated rings. The van der Waals surface area contributed by atoms with Crippen molar-refractivity contribution in [3.05, 3.63) is 35.9 Å². The third-order valence-electron chi connectivity index (χ3n) is 3.46. The summed E-state index contributed by atoms with van der Waals surface area (Å²) < 4.78 is 5.63. The molecule has 1 saturated carbocycles. The molecule has 0 heterocycles. The molecule has 98 valence electrons. The van der Waals surface area contributed by atoms with Crippen LogP contribution in [0.5, 0.6) is 0 Å². The van der Waals surface area contributed by atoms with E-state index in [0.29, 0.717) is 19.8 Å². The minimum Gasteiger partial charge on any atom is -0.465 e. The number of benzene rings is 1. The van der Waals surface area contributed by atoms with Gasteiger partial charge in [-0.1, -0.05) is 30.3 Å². The lowest BCUT2D eigenvalue weighted by Gasteiger charge is -2.14. The van der Waals surface area contributed by atoms with Crippen molar-refractivity contribution >= 4 is 6.09 Å². The molecule has 0 unspecified atom stereocenters. The Morgan fingerprint density at radius 3 is 2.67 bits per heavy atom. The molecular formula is C14H19NO3. The predicted molar refractivity (Wildman–Crippen MR) is 68.4 cm³/mol. The lowest BCUT2D eigenvalue weighted by molar-refractivity contribution is 0.103. The molecule has 1 aliphatic carbocycles. The van der Waals surface area contributed by atoms with Crippen LogP contribution in [0.3, 0.4) is 0 Å². The summed E-state index contributed by atoms with van der Waals surface area (Å²) in [5, 5.41) is 11.1. The monoisotopic (exact) mass is 249 g/mol. The molecule has 0 aliphatic heterocycles. The van der Waals surface area contributed by atoms with Gasteiger partial charge >= 0.3 is 6.09 Å². The molecular weight excluding hydrogens is 230 g/mol. The first-order valence-electron chi connectivity index (χ1n) is 6.29. The molecule has 0 aromatic heterocycles. The van der Waals surface area contributed by atoms with E-state index in [1.54, 1.807) is 0 Å². The molecule has 0 radical (unpaired) electrons. The average Bonchev–Trinajstić information content (AvgIpc) is 3.14. The van der Waals surface area contributed by atoms with Crippen molar-refractivity contribution in [1.82, 2.24) is 5.32 Å². The third kappa shape index (κ3) is 4.04. The van der Waals surface area contributed by atoms with Crippen LogP contribution in [0.15, 0.2) is 30.3 Å². The van der Waals surface area contributed by atoms with Gasteiger partial charge in [0.05, 0.1) is 6.61 Å². The second kappa shape index (κ2) is 5.87. The van der Waals surface area contributed by atoms with Gasteiger partial charge in [0.25, 0.3) is 0 Å². The summed E-state index contributed by atoms with van der Waals surface area (Å²) in [6.45, 7) is 1.87. The summed E-state index contributed by atoms with van der Waals surface area (Å²) in [4.78, 5) is 10.4. The van der Waals surface area contributed by atoms with Crippen molar-refractivity contribution in [1.29, 1.82) is 0 Å². The van der Waals surface area contributed by atoms with Crippen molar-refractivity contribution in [3.63, 3.8) is 0 Å². The van der Waals surface area contributed by atoms with Crippen LogP contribution in [-0.2, 0) is 11.3 Å². The molecule has 0 bridgehead atoms. The van der Waals surface area contributed by atoms with E-state index in [0.717, 1.165) is 19.3 Å². The highest BCUT2D eigenvalue weighted by Gasteiger charge is 2.42. The van der Waals surface area contributed by atoms with E-state index in [2.05, 4.69) is 5.32 Å². The van der Waals surface area contributed by atoms with E-state index in [-0.39, 0.29) is 5.41 Å². The summed E-state index contributed by atoms with van der Waals surface area (Å²) >= 11 is 0. The summed E-state index contributed by atoms with van der Waals surface area (Å²) in [7, 11) is 0. The minimum absolute atomic E-state index is 0.162. The molecule has 2 N–H and O–H groups in total. The number of carboxylic acid groups (broad SMARTS) is 1. The van der Waals surface area contributed by atoms with Crippen LogP contribution in [0.4, 0.5) is 4.79 Å². The molecule has 4 nitrogen and oxygen atoms in total. The Morgan fingerprint density at radius 2 is 2.06 bits per heavy atom. The highest BCUT2D eigenvalue weighted by Crippen LogP contribution is 2.48. The SMILES string of the molecule is O=C(O)NCC1(CCOCc2ccccc2)CC1. The lowest BCUT2D eigenvalue weighted by atomic mass is 10.0. The third-order valence-corrected chi connectivity index (χ3v) is 3.46. The Balaban J connectivity index is 1.62. The van der Waals surface area contributed by atoms with Gasteiger partial charge in [0, 0.05) is 13.2 Å². The van der Waals surface area contributed by atoms with Gasteiger partial charge in [0.2, 0.25) is 0 Å². The zero-order valence-corrected chi connectivity index (χ0v) is 10.4. The van der Waals surface area contributed by atoms with Crippen molar-refractivity contribution < 1.29 is 14.6 Å². The van der Waals surface area contributed by atoms with Crippen LogP contribution < -0.4 is 5.32 Å². The maximum atomic E-state index is 10.4. The number of nitrogens with one attached hydrogen (secondary N) is 1. The second-order valence-electron chi connectivity index (χ2n) is 4.95. The predicted octanol–water partition coefficient (Wildman–Crippen LogP) is 2.64. The topological polar surface area (TPSA) is 58.6 Å². The molecule has 1 aromatic carbocycles. The molecule has 1 amide bonds. The van der Waals surface area contributed by atoms with E-state index in [4.69, 9.17) is 9.84 Å². The van der Waals surface area contributed by atoms with E-state index >= 15 is 0 Å². The maximum absolute atomic E-state index is 10.4. The second-order valence-corrected chi connectivity index (χ2v) is 4.95. The van der Waals surface area contributed by atoms with Gasteiger partial charge < -0.3 is 15.2 Å². The van der Waals surface area contributed by atoms with Gasteiger partial charge in [-0.2, -0.15) is 0 Å². The fourth-order valence-corrected chi connectivity index (χ4v) is 2.01. The highest BCUT2D eigenvalue weighted by molar-refractivity contribution is 5.64. The van der Waals surface area contributed by atoms with Gasteiger partial charge in [0.15, 0.2) is 0 Å². The van der Waals surface area contributed by atoms with Crippen LogP contribution in [0.1, 0.15) is 24.8 Å². The molecule has 1 aliphatic rings. The number of hydrogen-bond donors (Lipinski definition) is 2. The minimum atomic E-state index is -0.938. The molecule has 0 saturated heterocycles. The summed E-state index contributed by atoms with van der Waals surface area (Å²) in [5.74, 6) is 0. The normalized spacial score (nSPS) is 16.2. The Bertz CT molecular complexity index is 387. The zero-order valence-electron chi connectivity index (χ0n) is 10.4. The number of hydrogen-bond acceptors (Lipinski definition) is 2. The largest absolute Gasteiger partial charge is 0.465 e. The van der Waals surface area contributed by atoms with Gasteiger partial charge in [-0.25, -0.2) is 4.79 Å². The van der Waals surface area contributed by atoms with Crippen molar-refractivity contribution in [3.8, 4) is 0 Å². The standard InChI is InChI=1S/C14H19NO3/c16-13(17)15-11-14(6-7-14)8-9-18-10-12-4-2-1-3-5-12/h1-5,15H,6-11H2,(H,16,17). The summed E-state index contributed by atoms with van der Waals surface area (Å²) in [6.07, 6.45) is 2.19. The number of amides is 1. The van der Waals surface area contributed by atoms with Crippen LogP contribution >= 0.6 is 0 Å². The summed E-state index contributed by atoms with van der Waals surface area (Å²) in [5.41, 5.74) is 1.33. The highest BCUT2D eigenvalue weighted by atomic mass is 16.5. The van der Waals surface area contributed by atoms with Crippen LogP contribution in [0, 0.1) is 5.41 Å². The number of ether oxygens (including phenoxy) is 1. The first kappa shape index (κ1) is 12.9. The van der Waals surface area contributed by atoms with E-state index in [1.807, 2.05) is 30.3 Å². The molecule has 0 atom stereocenters. The van der Waals surface area contributed by atoms with Crippen LogP contribution in [0.25, 0.3) is 0 Å². The molecule has 4 heteroatoms. The molecule has 1 aromatic rings. The number of carbonyl (C=O) groups is 1. The summed E-state index contributed by atoms with van der Waals surface area (Å²) in [6, 6.07) is 10.1. The molecule has 2 rings (SSSR count). The quantitative estimate of drug-likeness (QED) is 0.730. The fraction of sp³-hybridized carbons (Fsp3) is 0.500. The zero-order chi connectivity index (χ0) is 12.8. The van der Waals surface area contributed by atoms with Crippen molar-refractivity contribution in [2.75, 3.05) is 13.2 Å². The Hall–Kier alpha value is -1.55. The van der Waals surface area contributed by atoms with E-state index < -0.39 is 6.09 Å². The van der Waals surface area contributed by atoms with Gasteiger partial charge in [-0.3, -0.25) is 0 Å². The van der Waals surface area contributed by atoms with Gasteiger partial charge in [-0.05, 0) is 30.2 Å². The van der Waals surface area contributed by atoms with Crippen LogP contribution in [0.2, 0.25) is 0 Å². The lowest BCUT2D eigenvalue weighted by Crippen LogP contribution is -2.29. The van der Waals surface area contributed by atoms with Crippen molar-refractivity contribution in [2.24, 2.45) is 5.41 Å². The fourth-order valence-electron chi connectivity index (χ4n) is 2.01. The first-order valence-corrected chi connectivity index (χ1v) is 6.29. The Labute approximate surface area is 107 Å². The van der Waals surface area contributed by atoms with E-state index in [9.17, 15) is 4.79 Å². The Kier molecular flexibility index (Phi) is 4.20. The molecule has 0 spiro atoms. The van der Waals surface area contributed by atoms with Crippen molar-refractivity contribution in [2.45, 2.75) is 25.9 Å². The maximum Gasteiger partial charge on any atom is 0.404 e. The van der Waals surface area contributed by atoms with Gasteiger partial charge in [0.1, 0.15) is 0 Å². The van der Waals surface area contributed by atoms with E-state index in [1.165, 1.54) is 5.56 Å². The number of rotatable bonds is 7. The Morgan fingerprint density at radius 1 is 1.33 bits per heavy atom. The first-order chi connectivity index (χ1) is 8.70. The molecule has 18 heavy (non-hydrogen) atoms. The average molecular weight is 249 g/mol. The smallest absolute Gasteiger partial charge is 0.404 e. The van der Waals surface area contributed by atoms with Gasteiger partial charge in [-0.15, -0.1) is 0 Å².